The molecule has 2 rings (SSSR count). The first-order valence-corrected chi connectivity index (χ1v) is 7.49. The van der Waals surface area contributed by atoms with Gasteiger partial charge in [0.15, 0.2) is 0 Å². The third-order valence-electron chi connectivity index (χ3n) is 3.39. The maximum absolute atomic E-state index is 12.6. The van der Waals surface area contributed by atoms with Gasteiger partial charge in [0.25, 0.3) is 5.69 Å². The molecule has 8 heteroatoms. The number of nitro benzene ring substituents is 1. The number of nitrogens with zero attached hydrogens (tertiary/aromatic N) is 3. The minimum atomic E-state index is -3.88. The van der Waals surface area contributed by atoms with Crippen LogP contribution in [0.5, 0.6) is 0 Å². The number of rotatable bonds is 3. The second kappa shape index (κ2) is 5.19. The first-order valence-electron chi connectivity index (χ1n) is 6.05. The molecule has 1 aliphatic rings. The third-order valence-corrected chi connectivity index (χ3v) is 5.44. The molecule has 0 saturated carbocycles. The van der Waals surface area contributed by atoms with Gasteiger partial charge in [0.05, 0.1) is 15.9 Å². The maximum Gasteiger partial charge on any atom is 0.273 e. The summed E-state index contributed by atoms with van der Waals surface area (Å²) in [5.74, 6) is 0. The highest BCUT2D eigenvalue weighted by Crippen LogP contribution is 2.30. The summed E-state index contributed by atoms with van der Waals surface area (Å²) in [6.07, 6.45) is 1.11. The molecule has 1 aliphatic heterocycles. The Morgan fingerprint density at radius 3 is 2.80 bits per heavy atom. The van der Waals surface area contributed by atoms with Gasteiger partial charge in [-0.1, -0.05) is 6.07 Å². The van der Waals surface area contributed by atoms with Gasteiger partial charge in [0, 0.05) is 18.2 Å². The molecule has 1 aromatic rings. The molecule has 0 bridgehead atoms. The van der Waals surface area contributed by atoms with Crippen molar-refractivity contribution in [2.24, 2.45) is 0 Å². The summed E-state index contributed by atoms with van der Waals surface area (Å²) < 4.78 is 26.2. The highest BCUT2D eigenvalue weighted by Gasteiger charge is 2.37. The normalized spacial score (nSPS) is 19.7. The molecule has 20 heavy (non-hydrogen) atoms. The standard InChI is InChI=1S/C12H13N3O4S/c1-9-11(15(16)17)5-2-6-12(9)20(18,19)14-7-3-4-10(14)8-13/h2,5-6,10H,3-4,7H2,1H3. The van der Waals surface area contributed by atoms with E-state index in [1.54, 1.807) is 0 Å². The van der Waals surface area contributed by atoms with Crippen molar-refractivity contribution in [3.8, 4) is 6.07 Å². The van der Waals surface area contributed by atoms with Gasteiger partial charge >= 0.3 is 0 Å². The SMILES string of the molecule is Cc1c([N+](=O)[O-])cccc1S(=O)(=O)N1CCCC1C#N. The second-order valence-electron chi connectivity index (χ2n) is 4.56. The average Bonchev–Trinajstić information content (AvgIpc) is 2.87. The van der Waals surface area contributed by atoms with Crippen LogP contribution in [0.4, 0.5) is 5.69 Å². The van der Waals surface area contributed by atoms with Crippen LogP contribution in [-0.4, -0.2) is 30.2 Å². The molecule has 1 unspecified atom stereocenters. The summed E-state index contributed by atoms with van der Waals surface area (Å²) in [6, 6.07) is 5.21. The summed E-state index contributed by atoms with van der Waals surface area (Å²) in [5.41, 5.74) is -0.139. The van der Waals surface area contributed by atoms with Crippen molar-refractivity contribution in [1.29, 1.82) is 5.26 Å². The van der Waals surface area contributed by atoms with Gasteiger partial charge in [-0.2, -0.15) is 9.57 Å². The summed E-state index contributed by atoms with van der Waals surface area (Å²) in [4.78, 5) is 10.2. The topological polar surface area (TPSA) is 104 Å². The quantitative estimate of drug-likeness (QED) is 0.622. The number of hydrogen-bond donors (Lipinski definition) is 0. The van der Waals surface area contributed by atoms with Crippen LogP contribution in [0.3, 0.4) is 0 Å². The Hall–Kier alpha value is -1.98. The van der Waals surface area contributed by atoms with Gasteiger partial charge in [-0.15, -0.1) is 0 Å². The highest BCUT2D eigenvalue weighted by molar-refractivity contribution is 7.89. The van der Waals surface area contributed by atoms with Gasteiger partial charge in [0.1, 0.15) is 6.04 Å². The van der Waals surface area contributed by atoms with Crippen LogP contribution in [0, 0.1) is 28.4 Å². The number of sulfonamides is 1. The van der Waals surface area contributed by atoms with E-state index < -0.39 is 21.0 Å². The molecule has 0 aliphatic carbocycles. The summed E-state index contributed by atoms with van der Waals surface area (Å²) in [6.45, 7) is 1.67. The second-order valence-corrected chi connectivity index (χ2v) is 6.42. The molecule has 0 amide bonds. The van der Waals surface area contributed by atoms with Crippen LogP contribution >= 0.6 is 0 Å². The fraction of sp³-hybridized carbons (Fsp3) is 0.417. The van der Waals surface area contributed by atoms with Crippen molar-refractivity contribution in [3.05, 3.63) is 33.9 Å². The number of benzene rings is 1. The van der Waals surface area contributed by atoms with Crippen molar-refractivity contribution >= 4 is 15.7 Å². The van der Waals surface area contributed by atoms with Crippen LogP contribution in [0.15, 0.2) is 23.1 Å². The van der Waals surface area contributed by atoms with Gasteiger partial charge in [-0.3, -0.25) is 10.1 Å². The Kier molecular flexibility index (Phi) is 3.74. The minimum Gasteiger partial charge on any atom is -0.258 e. The fourth-order valence-corrected chi connectivity index (χ4v) is 4.22. The highest BCUT2D eigenvalue weighted by atomic mass is 32.2. The van der Waals surface area contributed by atoms with Crippen molar-refractivity contribution in [1.82, 2.24) is 4.31 Å². The maximum atomic E-state index is 12.6. The molecule has 1 heterocycles. The molecule has 1 aromatic carbocycles. The number of nitro groups is 1. The van der Waals surface area contributed by atoms with Gasteiger partial charge in [-0.05, 0) is 25.8 Å². The smallest absolute Gasteiger partial charge is 0.258 e. The lowest BCUT2D eigenvalue weighted by Crippen LogP contribution is -2.35. The Balaban J connectivity index is 2.53. The zero-order chi connectivity index (χ0) is 14.9. The Morgan fingerprint density at radius 1 is 1.50 bits per heavy atom. The van der Waals surface area contributed by atoms with Gasteiger partial charge in [-0.25, -0.2) is 8.42 Å². The minimum absolute atomic E-state index is 0.0982. The van der Waals surface area contributed by atoms with Crippen LogP contribution in [0.25, 0.3) is 0 Å². The van der Waals surface area contributed by atoms with E-state index in [0.29, 0.717) is 12.8 Å². The lowest BCUT2D eigenvalue weighted by molar-refractivity contribution is -0.385. The molecule has 1 fully saturated rings. The summed E-state index contributed by atoms with van der Waals surface area (Å²) in [5, 5.41) is 19.9. The molecule has 1 saturated heterocycles. The van der Waals surface area contributed by atoms with Gasteiger partial charge < -0.3 is 0 Å². The summed E-state index contributed by atoms with van der Waals surface area (Å²) >= 11 is 0. The molecular formula is C12H13N3O4S. The van der Waals surface area contributed by atoms with E-state index in [1.165, 1.54) is 25.1 Å². The Labute approximate surface area is 116 Å². The largest absolute Gasteiger partial charge is 0.273 e. The molecule has 0 radical (unpaired) electrons. The first-order chi connectivity index (χ1) is 9.39. The van der Waals surface area contributed by atoms with Crippen LogP contribution in [0.1, 0.15) is 18.4 Å². The van der Waals surface area contributed by atoms with Crippen molar-refractivity contribution in [2.45, 2.75) is 30.7 Å². The third kappa shape index (κ3) is 2.26. The zero-order valence-corrected chi connectivity index (χ0v) is 11.6. The molecule has 0 aromatic heterocycles. The van der Waals surface area contributed by atoms with Crippen molar-refractivity contribution in [3.63, 3.8) is 0 Å². The average molecular weight is 295 g/mol. The molecular weight excluding hydrogens is 282 g/mol. The predicted octanol–water partition coefficient (Wildman–Crippen LogP) is 1.58. The van der Waals surface area contributed by atoms with E-state index in [2.05, 4.69) is 0 Å². The number of hydrogen-bond acceptors (Lipinski definition) is 5. The van der Waals surface area contributed by atoms with E-state index in [4.69, 9.17) is 5.26 Å². The predicted molar refractivity (Wildman–Crippen MR) is 70.4 cm³/mol. The van der Waals surface area contributed by atoms with Gasteiger partial charge in [0.2, 0.25) is 10.0 Å². The van der Waals surface area contributed by atoms with Crippen LogP contribution in [0.2, 0.25) is 0 Å². The number of nitriles is 1. The molecule has 7 nitrogen and oxygen atoms in total. The fourth-order valence-electron chi connectivity index (χ4n) is 2.36. The summed E-state index contributed by atoms with van der Waals surface area (Å²) in [7, 11) is -3.88. The van der Waals surface area contributed by atoms with E-state index in [0.717, 1.165) is 4.31 Å². The van der Waals surface area contributed by atoms with Crippen LogP contribution < -0.4 is 0 Å². The molecule has 0 spiro atoms. The molecule has 1 atom stereocenters. The Bertz CT molecular complexity index is 693. The van der Waals surface area contributed by atoms with E-state index in [-0.39, 0.29) is 22.7 Å². The Morgan fingerprint density at radius 2 is 2.20 bits per heavy atom. The lowest BCUT2D eigenvalue weighted by Gasteiger charge is -2.20. The van der Waals surface area contributed by atoms with E-state index in [9.17, 15) is 18.5 Å². The first kappa shape index (κ1) is 14.4. The molecule has 0 N–H and O–H groups in total. The van der Waals surface area contributed by atoms with E-state index in [1.807, 2.05) is 6.07 Å². The van der Waals surface area contributed by atoms with Crippen molar-refractivity contribution in [2.75, 3.05) is 6.54 Å². The molecule has 106 valence electrons. The zero-order valence-electron chi connectivity index (χ0n) is 10.8. The lowest BCUT2D eigenvalue weighted by atomic mass is 10.2. The van der Waals surface area contributed by atoms with Crippen molar-refractivity contribution < 1.29 is 13.3 Å². The van der Waals surface area contributed by atoms with E-state index >= 15 is 0 Å². The monoisotopic (exact) mass is 295 g/mol. The van der Waals surface area contributed by atoms with Crippen LogP contribution in [-0.2, 0) is 10.0 Å².